The number of fused-ring (bicyclic) bond motifs is 1. The highest BCUT2D eigenvalue weighted by Crippen LogP contribution is 2.21. The van der Waals surface area contributed by atoms with Crippen LogP contribution in [0.25, 0.3) is 22.3 Å². The molecule has 0 unspecified atom stereocenters. The standard InChI is InChI=1S/C18H15N5O/c1-23-8-7-12-9-14(5-6-16(12)23)18(24)21-15-4-2-3-13(10-15)17-19-11-20-22-17/h2-11H,1H3,(H,21,24)(H,19,20,22). The zero-order valence-electron chi connectivity index (χ0n) is 13.0. The Hall–Kier alpha value is -3.41. The van der Waals surface area contributed by atoms with E-state index in [0.29, 0.717) is 17.1 Å². The molecule has 0 radical (unpaired) electrons. The van der Waals surface area contributed by atoms with Gasteiger partial charge in [0.05, 0.1) is 0 Å². The normalized spacial score (nSPS) is 10.9. The Morgan fingerprint density at radius 1 is 1.17 bits per heavy atom. The molecule has 0 spiro atoms. The molecule has 6 heteroatoms. The Kier molecular flexibility index (Phi) is 3.35. The number of H-pyrrole nitrogens is 1. The molecule has 0 aliphatic carbocycles. The molecule has 0 aliphatic rings. The summed E-state index contributed by atoms with van der Waals surface area (Å²) in [7, 11) is 1.98. The molecular formula is C18H15N5O. The van der Waals surface area contributed by atoms with Gasteiger partial charge in [0.1, 0.15) is 6.33 Å². The summed E-state index contributed by atoms with van der Waals surface area (Å²) in [6, 6.07) is 15.2. The minimum atomic E-state index is -0.143. The maximum Gasteiger partial charge on any atom is 0.255 e. The van der Waals surface area contributed by atoms with Gasteiger partial charge in [-0.15, -0.1) is 0 Å². The number of aromatic nitrogens is 4. The predicted octanol–water partition coefficient (Wildman–Crippen LogP) is 3.22. The van der Waals surface area contributed by atoms with Gasteiger partial charge in [-0.1, -0.05) is 12.1 Å². The van der Waals surface area contributed by atoms with Crippen LogP contribution in [0.5, 0.6) is 0 Å². The molecule has 4 aromatic rings. The molecule has 2 heterocycles. The van der Waals surface area contributed by atoms with Crippen LogP contribution in [0.15, 0.2) is 61.1 Å². The van der Waals surface area contributed by atoms with Crippen LogP contribution in [0, 0.1) is 0 Å². The number of rotatable bonds is 3. The molecule has 0 aliphatic heterocycles. The molecule has 0 atom stereocenters. The van der Waals surface area contributed by atoms with E-state index in [0.717, 1.165) is 16.5 Å². The molecular weight excluding hydrogens is 302 g/mol. The van der Waals surface area contributed by atoms with E-state index in [1.54, 1.807) is 0 Å². The first-order valence-corrected chi connectivity index (χ1v) is 7.53. The SMILES string of the molecule is Cn1ccc2cc(C(=O)Nc3cccc(-c4ncn[nH]4)c3)ccc21. The molecule has 1 amide bonds. The van der Waals surface area contributed by atoms with Crippen LogP contribution >= 0.6 is 0 Å². The van der Waals surface area contributed by atoms with Crippen molar-refractivity contribution in [1.82, 2.24) is 19.7 Å². The van der Waals surface area contributed by atoms with Gasteiger partial charge < -0.3 is 9.88 Å². The van der Waals surface area contributed by atoms with Crippen LogP contribution in [0.3, 0.4) is 0 Å². The van der Waals surface area contributed by atoms with Gasteiger partial charge in [-0.3, -0.25) is 9.89 Å². The topological polar surface area (TPSA) is 75.6 Å². The number of nitrogens with one attached hydrogen (secondary N) is 2. The van der Waals surface area contributed by atoms with E-state index in [-0.39, 0.29) is 5.91 Å². The van der Waals surface area contributed by atoms with Crippen molar-refractivity contribution < 1.29 is 4.79 Å². The lowest BCUT2D eigenvalue weighted by atomic mass is 10.1. The van der Waals surface area contributed by atoms with Crippen molar-refractivity contribution in [2.45, 2.75) is 0 Å². The fourth-order valence-corrected chi connectivity index (χ4v) is 2.71. The molecule has 0 bridgehead atoms. The zero-order chi connectivity index (χ0) is 16.5. The van der Waals surface area contributed by atoms with Gasteiger partial charge in [-0.2, -0.15) is 5.10 Å². The second-order valence-electron chi connectivity index (χ2n) is 5.57. The Labute approximate surface area is 138 Å². The summed E-state index contributed by atoms with van der Waals surface area (Å²) < 4.78 is 2.03. The number of hydrogen-bond donors (Lipinski definition) is 2. The van der Waals surface area contributed by atoms with E-state index in [9.17, 15) is 4.79 Å². The van der Waals surface area contributed by atoms with Gasteiger partial charge in [-0.25, -0.2) is 4.98 Å². The minimum absolute atomic E-state index is 0.143. The molecule has 24 heavy (non-hydrogen) atoms. The molecule has 2 aromatic carbocycles. The van der Waals surface area contributed by atoms with Gasteiger partial charge in [0.25, 0.3) is 5.91 Å². The summed E-state index contributed by atoms with van der Waals surface area (Å²) in [5, 5.41) is 10.6. The third-order valence-electron chi connectivity index (χ3n) is 3.96. The van der Waals surface area contributed by atoms with Crippen molar-refractivity contribution >= 4 is 22.5 Å². The summed E-state index contributed by atoms with van der Waals surface area (Å²) in [6.45, 7) is 0. The smallest absolute Gasteiger partial charge is 0.255 e. The van der Waals surface area contributed by atoms with Gasteiger partial charge in [-0.05, 0) is 36.4 Å². The number of anilines is 1. The third-order valence-corrected chi connectivity index (χ3v) is 3.96. The van der Waals surface area contributed by atoms with Gasteiger partial charge in [0, 0.05) is 41.0 Å². The average molecular weight is 317 g/mol. The van der Waals surface area contributed by atoms with E-state index in [1.807, 2.05) is 66.3 Å². The van der Waals surface area contributed by atoms with Crippen molar-refractivity contribution in [3.63, 3.8) is 0 Å². The first kappa shape index (κ1) is 14.2. The molecule has 6 nitrogen and oxygen atoms in total. The lowest BCUT2D eigenvalue weighted by molar-refractivity contribution is 0.102. The molecule has 0 saturated carbocycles. The molecule has 118 valence electrons. The first-order chi connectivity index (χ1) is 11.7. The molecule has 4 rings (SSSR count). The first-order valence-electron chi connectivity index (χ1n) is 7.53. The molecule has 2 aromatic heterocycles. The van der Waals surface area contributed by atoms with Crippen molar-refractivity contribution in [3.8, 4) is 11.4 Å². The number of nitrogens with zero attached hydrogens (tertiary/aromatic N) is 3. The number of amides is 1. The average Bonchev–Trinajstić information content (AvgIpc) is 3.25. The second kappa shape index (κ2) is 5.66. The summed E-state index contributed by atoms with van der Waals surface area (Å²) in [5.41, 5.74) is 3.29. The van der Waals surface area contributed by atoms with Crippen molar-refractivity contribution in [2.24, 2.45) is 7.05 Å². The Morgan fingerprint density at radius 3 is 2.92 bits per heavy atom. The fourth-order valence-electron chi connectivity index (χ4n) is 2.71. The van der Waals surface area contributed by atoms with E-state index in [1.165, 1.54) is 6.33 Å². The lowest BCUT2D eigenvalue weighted by Crippen LogP contribution is -2.11. The summed E-state index contributed by atoms with van der Waals surface area (Å²) in [6.07, 6.45) is 3.43. The Bertz CT molecular complexity index is 1020. The van der Waals surface area contributed by atoms with Crippen LogP contribution in [-0.4, -0.2) is 25.7 Å². The number of aromatic amines is 1. The quantitative estimate of drug-likeness (QED) is 0.609. The second-order valence-corrected chi connectivity index (χ2v) is 5.57. The van der Waals surface area contributed by atoms with Crippen LogP contribution in [0.4, 0.5) is 5.69 Å². The minimum Gasteiger partial charge on any atom is -0.351 e. The fraction of sp³-hybridized carbons (Fsp3) is 0.0556. The summed E-state index contributed by atoms with van der Waals surface area (Å²) >= 11 is 0. The van der Waals surface area contributed by atoms with Gasteiger partial charge in [0.2, 0.25) is 0 Å². The summed E-state index contributed by atoms with van der Waals surface area (Å²) in [4.78, 5) is 16.6. The highest BCUT2D eigenvalue weighted by molar-refractivity contribution is 6.06. The predicted molar refractivity (Wildman–Crippen MR) is 92.7 cm³/mol. The number of benzene rings is 2. The Morgan fingerprint density at radius 2 is 2.08 bits per heavy atom. The van der Waals surface area contributed by atoms with E-state index in [2.05, 4.69) is 20.5 Å². The van der Waals surface area contributed by atoms with Crippen molar-refractivity contribution in [3.05, 3.63) is 66.6 Å². The van der Waals surface area contributed by atoms with Gasteiger partial charge >= 0.3 is 0 Å². The third kappa shape index (κ3) is 2.54. The highest BCUT2D eigenvalue weighted by Gasteiger charge is 2.09. The van der Waals surface area contributed by atoms with E-state index >= 15 is 0 Å². The highest BCUT2D eigenvalue weighted by atomic mass is 16.1. The van der Waals surface area contributed by atoms with Crippen molar-refractivity contribution in [2.75, 3.05) is 5.32 Å². The number of hydrogen-bond acceptors (Lipinski definition) is 3. The van der Waals surface area contributed by atoms with Crippen LogP contribution < -0.4 is 5.32 Å². The van der Waals surface area contributed by atoms with Crippen LogP contribution in [-0.2, 0) is 7.05 Å². The lowest BCUT2D eigenvalue weighted by Gasteiger charge is -2.07. The number of carbonyl (C=O) groups is 1. The number of carbonyl (C=O) groups excluding carboxylic acids is 1. The number of aryl methyl sites for hydroxylation is 1. The maximum atomic E-state index is 12.5. The summed E-state index contributed by atoms with van der Waals surface area (Å²) in [5.74, 6) is 0.521. The largest absolute Gasteiger partial charge is 0.351 e. The van der Waals surface area contributed by atoms with Crippen molar-refractivity contribution in [1.29, 1.82) is 0 Å². The van der Waals surface area contributed by atoms with E-state index < -0.39 is 0 Å². The van der Waals surface area contributed by atoms with Gasteiger partial charge in [0.15, 0.2) is 5.82 Å². The molecule has 0 fully saturated rings. The molecule has 0 saturated heterocycles. The zero-order valence-corrected chi connectivity index (χ0v) is 13.0. The maximum absolute atomic E-state index is 12.5. The van der Waals surface area contributed by atoms with Crippen LogP contribution in [0.1, 0.15) is 10.4 Å². The molecule has 2 N–H and O–H groups in total. The van der Waals surface area contributed by atoms with E-state index in [4.69, 9.17) is 0 Å². The Balaban J connectivity index is 1.60. The monoisotopic (exact) mass is 317 g/mol. The van der Waals surface area contributed by atoms with Crippen LogP contribution in [0.2, 0.25) is 0 Å².